The first kappa shape index (κ1) is 14.8. The number of benzene rings is 1. The second kappa shape index (κ2) is 7.27. The van der Waals surface area contributed by atoms with Crippen LogP contribution in [0.1, 0.15) is 24.5 Å². The van der Waals surface area contributed by atoms with Crippen LogP contribution in [0.5, 0.6) is 11.5 Å². The van der Waals surface area contributed by atoms with Gasteiger partial charge in [0, 0.05) is 29.5 Å². The van der Waals surface area contributed by atoms with Crippen molar-refractivity contribution >= 4 is 11.6 Å². The number of hydrogen-bond donors (Lipinski definition) is 1. The number of rotatable bonds is 6. The maximum absolute atomic E-state index is 6.02. The predicted molar refractivity (Wildman–Crippen MR) is 82.5 cm³/mol. The fraction of sp³-hybridized carbons (Fsp3) is 0.312. The average molecular weight is 291 g/mol. The highest BCUT2D eigenvalue weighted by Crippen LogP contribution is 2.27. The van der Waals surface area contributed by atoms with Crippen molar-refractivity contribution in [2.75, 3.05) is 6.54 Å². The summed E-state index contributed by atoms with van der Waals surface area (Å²) in [5.41, 5.74) is 2.05. The molecule has 1 aromatic heterocycles. The zero-order chi connectivity index (χ0) is 14.4. The van der Waals surface area contributed by atoms with Crippen LogP contribution in [0.4, 0.5) is 0 Å². The molecule has 0 fully saturated rings. The molecule has 2 aromatic rings. The van der Waals surface area contributed by atoms with E-state index in [-0.39, 0.29) is 0 Å². The number of pyridine rings is 1. The Morgan fingerprint density at radius 3 is 2.90 bits per heavy atom. The van der Waals surface area contributed by atoms with Gasteiger partial charge in [0.05, 0.1) is 0 Å². The summed E-state index contributed by atoms with van der Waals surface area (Å²) in [4.78, 5) is 4.16. The van der Waals surface area contributed by atoms with Gasteiger partial charge in [0.15, 0.2) is 0 Å². The molecule has 0 spiro atoms. The lowest BCUT2D eigenvalue weighted by Crippen LogP contribution is -2.14. The molecule has 20 heavy (non-hydrogen) atoms. The van der Waals surface area contributed by atoms with Crippen LogP contribution in [0, 0.1) is 6.92 Å². The summed E-state index contributed by atoms with van der Waals surface area (Å²) in [6, 6.07) is 7.54. The van der Waals surface area contributed by atoms with Gasteiger partial charge in [-0.05, 0) is 49.7 Å². The molecule has 1 aromatic carbocycles. The second-order valence-corrected chi connectivity index (χ2v) is 5.08. The lowest BCUT2D eigenvalue weighted by molar-refractivity contribution is 0.471. The Hall–Kier alpha value is -1.58. The highest BCUT2D eigenvalue weighted by molar-refractivity contribution is 6.31. The molecule has 0 aliphatic rings. The second-order valence-electron chi connectivity index (χ2n) is 4.67. The molecule has 1 heterocycles. The molecule has 0 aliphatic carbocycles. The molecule has 0 saturated heterocycles. The van der Waals surface area contributed by atoms with Gasteiger partial charge < -0.3 is 10.1 Å². The van der Waals surface area contributed by atoms with Crippen molar-refractivity contribution in [2.24, 2.45) is 0 Å². The van der Waals surface area contributed by atoms with Gasteiger partial charge >= 0.3 is 0 Å². The van der Waals surface area contributed by atoms with E-state index in [4.69, 9.17) is 16.3 Å². The maximum Gasteiger partial charge on any atom is 0.134 e. The molecule has 1 N–H and O–H groups in total. The first-order valence-electron chi connectivity index (χ1n) is 6.78. The summed E-state index contributed by atoms with van der Waals surface area (Å²) in [5, 5.41) is 4.10. The molecule has 0 aliphatic heterocycles. The SMILES string of the molecule is CCCNCc1cnccc1Oc1ccc(Cl)c(C)c1. The molecule has 106 valence electrons. The monoisotopic (exact) mass is 290 g/mol. The number of nitrogens with one attached hydrogen (secondary N) is 1. The van der Waals surface area contributed by atoms with Crippen LogP contribution in [0.2, 0.25) is 5.02 Å². The summed E-state index contributed by atoms with van der Waals surface area (Å²) >= 11 is 6.02. The highest BCUT2D eigenvalue weighted by Gasteiger charge is 2.06. The van der Waals surface area contributed by atoms with Crippen LogP contribution in [0.15, 0.2) is 36.7 Å². The van der Waals surface area contributed by atoms with Crippen LogP contribution in [0.25, 0.3) is 0 Å². The average Bonchev–Trinajstić information content (AvgIpc) is 2.45. The van der Waals surface area contributed by atoms with Gasteiger partial charge in [0.2, 0.25) is 0 Å². The molecule has 0 saturated carbocycles. The summed E-state index contributed by atoms with van der Waals surface area (Å²) in [7, 11) is 0. The zero-order valence-electron chi connectivity index (χ0n) is 11.8. The standard InChI is InChI=1S/C16H19ClN2O/c1-3-7-18-10-13-11-19-8-6-16(13)20-14-4-5-15(17)12(2)9-14/h4-6,8-9,11,18H,3,7,10H2,1-2H3. The molecule has 3 nitrogen and oxygen atoms in total. The smallest absolute Gasteiger partial charge is 0.134 e. The quantitative estimate of drug-likeness (QED) is 0.804. The largest absolute Gasteiger partial charge is 0.457 e. The molecule has 0 atom stereocenters. The Bertz CT molecular complexity index is 572. The van der Waals surface area contributed by atoms with E-state index in [9.17, 15) is 0 Å². The number of aryl methyl sites for hydroxylation is 1. The van der Waals surface area contributed by atoms with E-state index in [2.05, 4.69) is 17.2 Å². The number of halogens is 1. The Morgan fingerprint density at radius 1 is 1.30 bits per heavy atom. The number of nitrogens with zero attached hydrogens (tertiary/aromatic N) is 1. The molecule has 0 radical (unpaired) electrons. The van der Waals surface area contributed by atoms with E-state index in [0.717, 1.165) is 47.2 Å². The van der Waals surface area contributed by atoms with E-state index in [1.807, 2.05) is 37.4 Å². The van der Waals surface area contributed by atoms with E-state index >= 15 is 0 Å². The van der Waals surface area contributed by atoms with Gasteiger partial charge in [0.25, 0.3) is 0 Å². The van der Waals surface area contributed by atoms with E-state index < -0.39 is 0 Å². The molecular formula is C16H19ClN2O. The molecule has 4 heteroatoms. The highest BCUT2D eigenvalue weighted by atomic mass is 35.5. The molecule has 0 amide bonds. The topological polar surface area (TPSA) is 34.2 Å². The third-order valence-electron chi connectivity index (χ3n) is 2.96. The Labute approximate surface area is 124 Å². The van der Waals surface area contributed by atoms with Crippen molar-refractivity contribution in [3.63, 3.8) is 0 Å². The normalized spacial score (nSPS) is 10.6. The van der Waals surface area contributed by atoms with Crippen molar-refractivity contribution in [3.8, 4) is 11.5 Å². The van der Waals surface area contributed by atoms with E-state index in [0.29, 0.717) is 0 Å². The minimum absolute atomic E-state index is 0.747. The van der Waals surface area contributed by atoms with Gasteiger partial charge in [-0.3, -0.25) is 4.98 Å². The van der Waals surface area contributed by atoms with Crippen molar-refractivity contribution in [2.45, 2.75) is 26.8 Å². The number of ether oxygens (including phenoxy) is 1. The van der Waals surface area contributed by atoms with Crippen LogP contribution < -0.4 is 10.1 Å². The Morgan fingerprint density at radius 2 is 2.15 bits per heavy atom. The molecule has 0 unspecified atom stereocenters. The first-order chi connectivity index (χ1) is 9.70. The number of aromatic nitrogens is 1. The van der Waals surface area contributed by atoms with Crippen molar-refractivity contribution in [3.05, 3.63) is 52.8 Å². The molecule has 0 bridgehead atoms. The van der Waals surface area contributed by atoms with Crippen LogP contribution in [-0.2, 0) is 6.54 Å². The third-order valence-corrected chi connectivity index (χ3v) is 3.38. The van der Waals surface area contributed by atoms with Crippen molar-refractivity contribution < 1.29 is 4.74 Å². The lowest BCUT2D eigenvalue weighted by Gasteiger charge is -2.12. The summed E-state index contributed by atoms with van der Waals surface area (Å²) in [5.74, 6) is 1.61. The minimum atomic E-state index is 0.747. The fourth-order valence-electron chi connectivity index (χ4n) is 1.85. The minimum Gasteiger partial charge on any atom is -0.457 e. The van der Waals surface area contributed by atoms with E-state index in [1.54, 1.807) is 6.20 Å². The van der Waals surface area contributed by atoms with Crippen molar-refractivity contribution in [1.82, 2.24) is 10.3 Å². The Balaban J connectivity index is 2.13. The van der Waals surface area contributed by atoms with Gasteiger partial charge in [-0.25, -0.2) is 0 Å². The fourth-order valence-corrected chi connectivity index (χ4v) is 1.97. The summed E-state index contributed by atoms with van der Waals surface area (Å²) in [6.45, 7) is 5.84. The van der Waals surface area contributed by atoms with Gasteiger partial charge in [0.1, 0.15) is 11.5 Å². The molecule has 2 rings (SSSR count). The van der Waals surface area contributed by atoms with Crippen molar-refractivity contribution in [1.29, 1.82) is 0 Å². The number of hydrogen-bond acceptors (Lipinski definition) is 3. The van der Waals surface area contributed by atoms with Crippen LogP contribution in [0.3, 0.4) is 0 Å². The van der Waals surface area contributed by atoms with Gasteiger partial charge in [-0.1, -0.05) is 18.5 Å². The maximum atomic E-state index is 6.02. The first-order valence-corrected chi connectivity index (χ1v) is 7.16. The van der Waals surface area contributed by atoms with Crippen LogP contribution >= 0.6 is 11.6 Å². The predicted octanol–water partition coefficient (Wildman–Crippen LogP) is 4.34. The molecular weight excluding hydrogens is 272 g/mol. The zero-order valence-corrected chi connectivity index (χ0v) is 12.6. The van der Waals surface area contributed by atoms with Crippen LogP contribution in [-0.4, -0.2) is 11.5 Å². The van der Waals surface area contributed by atoms with Gasteiger partial charge in [-0.15, -0.1) is 0 Å². The third kappa shape index (κ3) is 3.95. The Kier molecular flexibility index (Phi) is 5.39. The lowest BCUT2D eigenvalue weighted by atomic mass is 10.2. The summed E-state index contributed by atoms with van der Waals surface area (Å²) in [6.07, 6.45) is 4.68. The van der Waals surface area contributed by atoms with Gasteiger partial charge in [-0.2, -0.15) is 0 Å². The summed E-state index contributed by atoms with van der Waals surface area (Å²) < 4.78 is 5.94. The van der Waals surface area contributed by atoms with E-state index in [1.165, 1.54) is 0 Å².